The minimum Gasteiger partial charge on any atom is -0.488 e. The lowest BCUT2D eigenvalue weighted by Crippen LogP contribution is -2.17. The molecule has 5 rings (SSSR count). The summed E-state index contributed by atoms with van der Waals surface area (Å²) < 4.78 is 6.54. The number of aromatic carboxylic acids is 1. The van der Waals surface area contributed by atoms with Gasteiger partial charge in [-0.2, -0.15) is 5.10 Å². The largest absolute Gasteiger partial charge is 0.488 e. The molecule has 5 aromatic rings. The van der Waals surface area contributed by atoms with E-state index in [1.165, 1.54) is 29.7 Å². The number of carboxylic acids is 1. The van der Waals surface area contributed by atoms with E-state index in [2.05, 4.69) is 36.8 Å². The van der Waals surface area contributed by atoms with Crippen molar-refractivity contribution in [1.29, 1.82) is 0 Å². The van der Waals surface area contributed by atoms with Crippen molar-refractivity contribution in [2.24, 2.45) is 5.10 Å². The van der Waals surface area contributed by atoms with Gasteiger partial charge in [0, 0.05) is 27.2 Å². The van der Waals surface area contributed by atoms with Gasteiger partial charge in [0.2, 0.25) is 0 Å². The lowest BCUT2D eigenvalue weighted by molar-refractivity contribution is 0.0696. The van der Waals surface area contributed by atoms with Crippen LogP contribution in [0, 0.1) is 0 Å². The number of anilines is 2. The lowest BCUT2D eigenvalue weighted by atomic mass is 10.1. The van der Waals surface area contributed by atoms with Gasteiger partial charge in [0.15, 0.2) is 5.13 Å². The highest BCUT2D eigenvalue weighted by molar-refractivity contribution is 9.10. The van der Waals surface area contributed by atoms with Gasteiger partial charge in [-0.15, -0.1) is 11.3 Å². The maximum atomic E-state index is 12.6. The van der Waals surface area contributed by atoms with Gasteiger partial charge in [0.05, 0.1) is 21.9 Å². The zero-order valence-corrected chi connectivity index (χ0v) is 24.9. The third-order valence-corrected chi connectivity index (χ3v) is 7.60. The number of hydrogen-bond acceptors (Lipinski definition) is 7. The van der Waals surface area contributed by atoms with E-state index in [1.54, 1.807) is 30.3 Å². The number of hydrogen-bond donors (Lipinski definition) is 3. The van der Waals surface area contributed by atoms with E-state index in [0.29, 0.717) is 20.8 Å². The van der Waals surface area contributed by atoms with Gasteiger partial charge >= 0.3 is 5.97 Å². The van der Waals surface area contributed by atoms with Crippen LogP contribution in [-0.2, 0) is 6.61 Å². The Morgan fingerprint density at radius 3 is 2.38 bits per heavy atom. The molecular formula is C31H22BrClN4O4S. The van der Waals surface area contributed by atoms with Crippen LogP contribution in [0.1, 0.15) is 31.8 Å². The first-order chi connectivity index (χ1) is 20.3. The zero-order valence-electron chi connectivity index (χ0n) is 21.8. The van der Waals surface area contributed by atoms with Gasteiger partial charge in [-0.3, -0.25) is 4.79 Å². The lowest BCUT2D eigenvalue weighted by Gasteiger charge is -2.09. The van der Waals surface area contributed by atoms with Gasteiger partial charge in [-0.25, -0.2) is 15.2 Å². The first kappa shape index (κ1) is 29.0. The molecule has 0 aliphatic carbocycles. The molecule has 42 heavy (non-hydrogen) atoms. The minimum absolute atomic E-state index is 0.223. The van der Waals surface area contributed by atoms with Crippen LogP contribution in [0.3, 0.4) is 0 Å². The molecule has 1 aromatic heterocycles. The molecule has 0 radical (unpaired) electrons. The second-order valence-corrected chi connectivity index (χ2v) is 11.1. The molecule has 0 spiro atoms. The Bertz CT molecular complexity index is 1740. The number of rotatable bonds is 10. The van der Waals surface area contributed by atoms with Gasteiger partial charge in [-0.1, -0.05) is 35.9 Å². The number of aromatic nitrogens is 1. The van der Waals surface area contributed by atoms with Gasteiger partial charge in [-0.05, 0) is 93.8 Å². The molecule has 8 nitrogen and oxygen atoms in total. The molecule has 0 aliphatic rings. The van der Waals surface area contributed by atoms with Crippen LogP contribution in [0.2, 0.25) is 5.02 Å². The summed E-state index contributed by atoms with van der Waals surface area (Å²) in [5, 5.41) is 19.7. The standard InChI is InChI=1S/C31H22BrClN4O4S/c32-26-15-20(3-14-28(26)41-17-19-1-4-23(5-2-19)30(39)40)16-34-37-29(38)22-8-6-21(7-9-22)27-18-42-31(36-27)35-25-12-10-24(33)11-13-25/h1-16,18H,17H2,(H,35,36)(H,37,38)(H,39,40)/b34-16-. The normalized spacial score (nSPS) is 10.9. The van der Waals surface area contributed by atoms with Crippen molar-refractivity contribution in [1.82, 2.24) is 10.4 Å². The van der Waals surface area contributed by atoms with Crippen LogP contribution >= 0.6 is 38.9 Å². The summed E-state index contributed by atoms with van der Waals surface area (Å²) in [5.74, 6) is -0.692. The quantitative estimate of drug-likeness (QED) is 0.103. The molecule has 0 bridgehead atoms. The fourth-order valence-electron chi connectivity index (χ4n) is 3.76. The smallest absolute Gasteiger partial charge is 0.335 e. The van der Waals surface area contributed by atoms with Crippen LogP contribution in [0.15, 0.2) is 106 Å². The summed E-state index contributed by atoms with van der Waals surface area (Å²) in [6.07, 6.45) is 1.54. The van der Waals surface area contributed by atoms with Crippen molar-refractivity contribution in [3.63, 3.8) is 0 Å². The molecule has 0 saturated carbocycles. The van der Waals surface area contributed by atoms with Crippen molar-refractivity contribution in [3.8, 4) is 17.0 Å². The Morgan fingerprint density at radius 2 is 1.69 bits per heavy atom. The molecular weight excluding hydrogens is 640 g/mol. The Morgan fingerprint density at radius 1 is 0.976 bits per heavy atom. The second kappa shape index (κ2) is 13.4. The zero-order chi connectivity index (χ0) is 29.5. The molecule has 0 aliphatic heterocycles. The van der Waals surface area contributed by atoms with E-state index >= 15 is 0 Å². The predicted octanol–water partition coefficient (Wildman–Crippen LogP) is 8.01. The van der Waals surface area contributed by atoms with Crippen LogP contribution in [0.4, 0.5) is 10.8 Å². The minimum atomic E-state index is -0.971. The number of nitrogens with one attached hydrogen (secondary N) is 2. The van der Waals surface area contributed by atoms with Crippen LogP contribution in [0.25, 0.3) is 11.3 Å². The molecule has 0 unspecified atom stereocenters. The van der Waals surface area contributed by atoms with Crippen molar-refractivity contribution >= 4 is 67.8 Å². The van der Waals surface area contributed by atoms with Crippen molar-refractivity contribution in [2.75, 3.05) is 5.32 Å². The SMILES string of the molecule is O=C(O)c1ccc(COc2ccc(/C=N\NC(=O)c3ccc(-c4csc(Nc5ccc(Cl)cc5)n4)cc3)cc2Br)cc1. The predicted molar refractivity (Wildman–Crippen MR) is 169 cm³/mol. The van der Waals surface area contributed by atoms with E-state index in [4.69, 9.17) is 21.4 Å². The molecule has 11 heteroatoms. The third-order valence-electron chi connectivity index (χ3n) is 5.97. The third kappa shape index (κ3) is 7.61. The Labute approximate surface area is 258 Å². The maximum absolute atomic E-state index is 12.6. The number of halogens is 2. The van der Waals surface area contributed by atoms with Crippen LogP contribution in [0.5, 0.6) is 5.75 Å². The number of carbonyl (C=O) groups is 2. The number of ether oxygens (including phenoxy) is 1. The number of amides is 1. The van der Waals surface area contributed by atoms with E-state index in [-0.39, 0.29) is 18.1 Å². The summed E-state index contributed by atoms with van der Waals surface area (Å²) in [7, 11) is 0. The number of carboxylic acid groups (broad SMARTS) is 1. The summed E-state index contributed by atoms with van der Waals surface area (Å²) in [6, 6.07) is 26.4. The summed E-state index contributed by atoms with van der Waals surface area (Å²) in [4.78, 5) is 28.2. The van der Waals surface area contributed by atoms with Gasteiger partial charge in [0.25, 0.3) is 5.91 Å². The highest BCUT2D eigenvalue weighted by Crippen LogP contribution is 2.28. The Kier molecular flexibility index (Phi) is 9.28. The van der Waals surface area contributed by atoms with E-state index < -0.39 is 5.97 Å². The Balaban J connectivity index is 1.13. The van der Waals surface area contributed by atoms with Gasteiger partial charge < -0.3 is 15.2 Å². The first-order valence-corrected chi connectivity index (χ1v) is 14.6. The maximum Gasteiger partial charge on any atom is 0.335 e. The molecule has 0 saturated heterocycles. The molecule has 4 aromatic carbocycles. The molecule has 3 N–H and O–H groups in total. The first-order valence-electron chi connectivity index (χ1n) is 12.5. The number of hydrazone groups is 1. The fourth-order valence-corrected chi connectivity index (χ4v) is 5.14. The van der Waals surface area contributed by atoms with E-state index in [9.17, 15) is 9.59 Å². The van der Waals surface area contributed by atoms with Crippen molar-refractivity contribution in [2.45, 2.75) is 6.61 Å². The number of thiazole rings is 1. The van der Waals surface area contributed by atoms with E-state index in [1.807, 2.05) is 53.9 Å². The van der Waals surface area contributed by atoms with Crippen molar-refractivity contribution in [3.05, 3.63) is 128 Å². The second-order valence-electron chi connectivity index (χ2n) is 8.93. The van der Waals surface area contributed by atoms with Crippen LogP contribution < -0.4 is 15.5 Å². The number of carbonyl (C=O) groups excluding carboxylic acids is 1. The molecule has 0 atom stereocenters. The monoisotopic (exact) mass is 660 g/mol. The van der Waals surface area contributed by atoms with Crippen LogP contribution in [-0.4, -0.2) is 28.2 Å². The topological polar surface area (TPSA) is 113 Å². The number of benzene rings is 4. The highest BCUT2D eigenvalue weighted by Gasteiger charge is 2.09. The van der Waals surface area contributed by atoms with Crippen molar-refractivity contribution < 1.29 is 19.4 Å². The van der Waals surface area contributed by atoms with E-state index in [0.717, 1.165) is 33.2 Å². The molecule has 210 valence electrons. The molecule has 1 heterocycles. The number of nitrogens with zero attached hydrogens (tertiary/aromatic N) is 2. The fraction of sp³-hybridized carbons (Fsp3) is 0.0323. The molecule has 1 amide bonds. The van der Waals surface area contributed by atoms with Gasteiger partial charge in [0.1, 0.15) is 12.4 Å². The summed E-state index contributed by atoms with van der Waals surface area (Å²) in [5.41, 5.74) is 7.41. The highest BCUT2D eigenvalue weighted by atomic mass is 79.9. The Hall–Kier alpha value is -4.51. The summed E-state index contributed by atoms with van der Waals surface area (Å²) in [6.45, 7) is 0.282. The average molecular weight is 662 g/mol. The summed E-state index contributed by atoms with van der Waals surface area (Å²) >= 11 is 10.9. The average Bonchev–Trinajstić information content (AvgIpc) is 3.46. The molecule has 0 fully saturated rings.